The Kier molecular flexibility index (Phi) is 7.34. The largest absolute Gasteiger partial charge is 0.481 e. The van der Waals surface area contributed by atoms with Gasteiger partial charge in [0.25, 0.3) is 0 Å². The van der Waals surface area contributed by atoms with Crippen molar-refractivity contribution in [1.82, 2.24) is 19.6 Å². The molecule has 0 bridgehead atoms. The second kappa shape index (κ2) is 10.6. The van der Waals surface area contributed by atoms with Crippen LogP contribution in [0.3, 0.4) is 0 Å². The van der Waals surface area contributed by atoms with Crippen LogP contribution in [0.4, 0.5) is 4.39 Å². The number of rotatable bonds is 9. The minimum Gasteiger partial charge on any atom is -0.481 e. The molecule has 3 heterocycles. The number of halogens is 1. The quantitative estimate of drug-likeness (QED) is 0.471. The number of aromatic nitrogens is 2. The Hall–Kier alpha value is -2.25. The molecule has 2 unspecified atom stereocenters. The zero-order valence-corrected chi connectivity index (χ0v) is 23.9. The van der Waals surface area contributed by atoms with Crippen LogP contribution < -0.4 is 0 Å². The van der Waals surface area contributed by atoms with Crippen LogP contribution in [-0.4, -0.2) is 69.9 Å². The predicted molar refractivity (Wildman–Crippen MR) is 150 cm³/mol. The van der Waals surface area contributed by atoms with Crippen LogP contribution in [0.1, 0.15) is 80.3 Å². The van der Waals surface area contributed by atoms with Gasteiger partial charge in [0.2, 0.25) is 0 Å². The SMILES string of the molecule is CCc1nn(CC)c(C2CCN(C[C@H]3CN(CC4(C(=O)O)CC5CC5C4)C[C@@H]3c3cccc(F)c3)CC2)c1C. The fourth-order valence-electron chi connectivity index (χ4n) is 8.52. The third kappa shape index (κ3) is 5.17. The molecule has 1 N–H and O–H groups in total. The van der Waals surface area contributed by atoms with Crippen LogP contribution in [0.5, 0.6) is 0 Å². The van der Waals surface area contributed by atoms with Crippen molar-refractivity contribution in [2.24, 2.45) is 23.2 Å². The second-order valence-electron chi connectivity index (χ2n) is 13.1. The molecule has 4 fully saturated rings. The van der Waals surface area contributed by atoms with E-state index in [0.29, 0.717) is 30.2 Å². The first-order chi connectivity index (χ1) is 18.8. The normalized spacial score (nSPS) is 31.6. The molecule has 7 heteroatoms. The summed E-state index contributed by atoms with van der Waals surface area (Å²) in [6.07, 6.45) is 6.15. The Bertz CT molecular complexity index is 1190. The number of carboxylic acids is 1. The van der Waals surface area contributed by atoms with Crippen molar-refractivity contribution >= 4 is 5.97 Å². The molecule has 4 atom stereocenters. The predicted octanol–water partition coefficient (Wildman–Crippen LogP) is 5.31. The Morgan fingerprint density at radius 1 is 1.13 bits per heavy atom. The molecule has 2 aromatic rings. The average Bonchev–Trinajstić information content (AvgIpc) is 3.22. The Labute approximate surface area is 232 Å². The van der Waals surface area contributed by atoms with E-state index in [4.69, 9.17) is 5.10 Å². The topological polar surface area (TPSA) is 61.6 Å². The van der Waals surface area contributed by atoms with E-state index >= 15 is 0 Å². The van der Waals surface area contributed by atoms with E-state index in [0.717, 1.165) is 76.9 Å². The first-order valence-electron chi connectivity index (χ1n) is 15.3. The van der Waals surface area contributed by atoms with Gasteiger partial charge in [0.05, 0.1) is 11.1 Å². The number of nitrogens with zero attached hydrogens (tertiary/aromatic N) is 4. The number of likely N-dealkylation sites (tertiary alicyclic amines) is 2. The number of fused-ring (bicyclic) bond motifs is 1. The fraction of sp³-hybridized carbons (Fsp3) is 0.688. The van der Waals surface area contributed by atoms with Crippen molar-refractivity contribution in [2.75, 3.05) is 39.3 Å². The molecule has 4 aliphatic rings. The van der Waals surface area contributed by atoms with E-state index in [-0.39, 0.29) is 11.7 Å². The van der Waals surface area contributed by atoms with Crippen molar-refractivity contribution in [3.8, 4) is 0 Å². The van der Waals surface area contributed by atoms with E-state index in [1.165, 1.54) is 29.4 Å². The number of piperidine rings is 1. The maximum atomic E-state index is 14.3. The van der Waals surface area contributed by atoms with Gasteiger partial charge in [-0.1, -0.05) is 19.1 Å². The van der Waals surface area contributed by atoms with E-state index in [1.54, 1.807) is 6.07 Å². The number of hydrogen-bond acceptors (Lipinski definition) is 4. The first-order valence-corrected chi connectivity index (χ1v) is 15.3. The highest BCUT2D eigenvalue weighted by molar-refractivity contribution is 5.76. The lowest BCUT2D eigenvalue weighted by Gasteiger charge is -2.35. The van der Waals surface area contributed by atoms with Crippen LogP contribution in [0.15, 0.2) is 24.3 Å². The van der Waals surface area contributed by atoms with Crippen LogP contribution in [0.25, 0.3) is 0 Å². The molecule has 6 nitrogen and oxygen atoms in total. The van der Waals surface area contributed by atoms with E-state index in [1.807, 2.05) is 6.07 Å². The van der Waals surface area contributed by atoms with E-state index < -0.39 is 11.4 Å². The smallest absolute Gasteiger partial charge is 0.310 e. The zero-order chi connectivity index (χ0) is 27.3. The highest BCUT2D eigenvalue weighted by Crippen LogP contribution is 2.60. The Morgan fingerprint density at radius 2 is 1.87 bits per heavy atom. The van der Waals surface area contributed by atoms with Gasteiger partial charge in [-0.3, -0.25) is 9.48 Å². The lowest BCUT2D eigenvalue weighted by atomic mass is 9.82. The molecule has 2 saturated heterocycles. The van der Waals surface area contributed by atoms with Gasteiger partial charge in [-0.05, 0) is 106 Å². The van der Waals surface area contributed by atoms with Gasteiger partial charge in [0.15, 0.2) is 0 Å². The number of aryl methyl sites for hydroxylation is 2. The summed E-state index contributed by atoms with van der Waals surface area (Å²) in [6, 6.07) is 7.11. The van der Waals surface area contributed by atoms with E-state index in [2.05, 4.69) is 41.3 Å². The number of benzene rings is 1. The third-order valence-electron chi connectivity index (χ3n) is 10.6. The summed E-state index contributed by atoms with van der Waals surface area (Å²) in [5, 5.41) is 15.1. The molecule has 212 valence electrons. The number of aliphatic carboxylic acids is 1. The molecule has 0 spiro atoms. The highest BCUT2D eigenvalue weighted by atomic mass is 19.1. The number of carboxylic acid groups (broad SMARTS) is 1. The molecule has 1 aromatic carbocycles. The Balaban J connectivity index is 1.15. The van der Waals surface area contributed by atoms with Gasteiger partial charge < -0.3 is 14.9 Å². The lowest BCUT2D eigenvalue weighted by Crippen LogP contribution is -2.42. The summed E-state index contributed by atoms with van der Waals surface area (Å²) in [5.74, 6) is 1.61. The first kappa shape index (κ1) is 26.9. The molecule has 2 aliphatic heterocycles. The summed E-state index contributed by atoms with van der Waals surface area (Å²) >= 11 is 0. The molecule has 2 saturated carbocycles. The molecule has 2 aliphatic carbocycles. The maximum Gasteiger partial charge on any atom is 0.310 e. The van der Waals surface area contributed by atoms with Gasteiger partial charge in [-0.15, -0.1) is 0 Å². The summed E-state index contributed by atoms with van der Waals surface area (Å²) in [5.41, 5.74) is 4.52. The van der Waals surface area contributed by atoms with Crippen molar-refractivity contribution in [3.05, 3.63) is 52.6 Å². The lowest BCUT2D eigenvalue weighted by molar-refractivity contribution is -0.150. The molecule has 0 amide bonds. The molecule has 39 heavy (non-hydrogen) atoms. The number of hydrogen-bond donors (Lipinski definition) is 1. The van der Waals surface area contributed by atoms with Crippen molar-refractivity contribution in [3.63, 3.8) is 0 Å². The fourth-order valence-corrected chi connectivity index (χ4v) is 8.52. The molecular weight excluding hydrogens is 491 g/mol. The van der Waals surface area contributed by atoms with Crippen LogP contribution >= 0.6 is 0 Å². The third-order valence-corrected chi connectivity index (χ3v) is 10.6. The van der Waals surface area contributed by atoms with Gasteiger partial charge in [0, 0.05) is 50.3 Å². The van der Waals surface area contributed by atoms with Crippen molar-refractivity contribution in [1.29, 1.82) is 0 Å². The summed E-state index contributed by atoms with van der Waals surface area (Å²) in [7, 11) is 0. The highest BCUT2D eigenvalue weighted by Gasteiger charge is 2.58. The molecule has 0 radical (unpaired) electrons. The van der Waals surface area contributed by atoms with Crippen LogP contribution in [0.2, 0.25) is 0 Å². The molecular formula is C32H45FN4O2. The van der Waals surface area contributed by atoms with Crippen molar-refractivity contribution < 1.29 is 14.3 Å². The zero-order valence-electron chi connectivity index (χ0n) is 23.9. The van der Waals surface area contributed by atoms with Crippen LogP contribution in [0, 0.1) is 35.9 Å². The average molecular weight is 537 g/mol. The standard InChI is InChI=1S/C32H45FN4O2/c1-4-29-21(3)30(37(5-2)34-29)22-9-11-35(12-10-22)17-26-18-36(19-28(26)23-7-6-8-27(33)14-23)20-32(31(38)39)15-24-13-25(24)16-32/h6-8,14,22,24-26,28H,4-5,9-13,15-20H2,1-3H3,(H,38,39)/t24?,25?,26-,28+,32?/m0/s1. The van der Waals surface area contributed by atoms with Gasteiger partial charge in [-0.2, -0.15) is 5.10 Å². The summed E-state index contributed by atoms with van der Waals surface area (Å²) in [4.78, 5) is 17.4. The second-order valence-corrected chi connectivity index (χ2v) is 13.1. The number of carbonyl (C=O) groups is 1. The maximum absolute atomic E-state index is 14.3. The van der Waals surface area contributed by atoms with Crippen LogP contribution in [-0.2, 0) is 17.8 Å². The van der Waals surface area contributed by atoms with E-state index in [9.17, 15) is 14.3 Å². The Morgan fingerprint density at radius 3 is 2.51 bits per heavy atom. The minimum absolute atomic E-state index is 0.183. The summed E-state index contributed by atoms with van der Waals surface area (Å²) in [6.45, 7) is 13.0. The van der Waals surface area contributed by atoms with Crippen molar-refractivity contribution in [2.45, 2.75) is 77.7 Å². The van der Waals surface area contributed by atoms with Gasteiger partial charge in [-0.25, -0.2) is 4.39 Å². The molecule has 1 aromatic heterocycles. The van der Waals surface area contributed by atoms with Gasteiger partial charge >= 0.3 is 5.97 Å². The summed E-state index contributed by atoms with van der Waals surface area (Å²) < 4.78 is 16.5. The minimum atomic E-state index is -0.615. The molecule has 6 rings (SSSR count). The van der Waals surface area contributed by atoms with Gasteiger partial charge in [0.1, 0.15) is 5.82 Å². The monoisotopic (exact) mass is 536 g/mol.